The van der Waals surface area contributed by atoms with Crippen molar-refractivity contribution in [1.29, 1.82) is 0 Å². The first kappa shape index (κ1) is 15.5. The van der Waals surface area contributed by atoms with E-state index < -0.39 is 5.92 Å². The topological polar surface area (TPSA) is 75.2 Å². The largest absolute Gasteiger partial charge is 0.312 e. The summed E-state index contributed by atoms with van der Waals surface area (Å²) in [6.07, 6.45) is 2.48. The van der Waals surface area contributed by atoms with Crippen LogP contribution in [0.3, 0.4) is 0 Å². The number of rotatable bonds is 4. The summed E-state index contributed by atoms with van der Waals surface area (Å²) in [6.45, 7) is 0.347. The van der Waals surface area contributed by atoms with Crippen LogP contribution < -0.4 is 10.2 Å². The van der Waals surface area contributed by atoms with Gasteiger partial charge in [0, 0.05) is 29.6 Å². The van der Waals surface area contributed by atoms with Gasteiger partial charge in [0.25, 0.3) is 0 Å². The molecule has 1 saturated heterocycles. The number of halogens is 1. The molecule has 124 valence electrons. The minimum atomic E-state index is -0.398. The van der Waals surface area contributed by atoms with E-state index in [1.807, 2.05) is 6.07 Å². The van der Waals surface area contributed by atoms with E-state index in [0.29, 0.717) is 22.6 Å². The Bertz CT molecular complexity index is 805. The minimum absolute atomic E-state index is 0.0756. The van der Waals surface area contributed by atoms with E-state index >= 15 is 0 Å². The smallest absolute Gasteiger partial charge is 0.231 e. The summed E-state index contributed by atoms with van der Waals surface area (Å²) < 4.78 is 0. The number of aromatic nitrogens is 2. The fraction of sp³-hybridized carbons (Fsp3) is 0.375. The van der Waals surface area contributed by atoms with Gasteiger partial charge in [-0.1, -0.05) is 29.0 Å². The van der Waals surface area contributed by atoms with Crippen LogP contribution in [0.15, 0.2) is 24.3 Å². The van der Waals surface area contributed by atoms with E-state index in [0.717, 1.165) is 23.5 Å². The van der Waals surface area contributed by atoms with Crippen molar-refractivity contribution < 1.29 is 9.59 Å². The molecule has 6 nitrogen and oxygen atoms in total. The van der Waals surface area contributed by atoms with E-state index in [-0.39, 0.29) is 18.2 Å². The molecule has 1 aromatic heterocycles. The molecule has 24 heavy (non-hydrogen) atoms. The number of nitrogens with one attached hydrogen (secondary N) is 1. The lowest BCUT2D eigenvalue weighted by Gasteiger charge is -2.16. The maximum absolute atomic E-state index is 12.4. The average Bonchev–Trinajstić information content (AvgIpc) is 3.18. The van der Waals surface area contributed by atoms with E-state index in [4.69, 9.17) is 11.6 Å². The Kier molecular flexibility index (Phi) is 3.97. The number of hydrogen-bond acceptors (Lipinski definition) is 5. The van der Waals surface area contributed by atoms with Crippen LogP contribution in [0.1, 0.15) is 30.2 Å². The lowest BCUT2D eigenvalue weighted by atomic mass is 10.1. The molecule has 2 heterocycles. The van der Waals surface area contributed by atoms with Gasteiger partial charge < -0.3 is 10.2 Å². The van der Waals surface area contributed by atoms with Gasteiger partial charge in [0.1, 0.15) is 5.01 Å². The first-order valence-electron chi connectivity index (χ1n) is 7.80. The summed E-state index contributed by atoms with van der Waals surface area (Å²) in [5, 5.41) is 13.0. The number of benzene rings is 1. The fourth-order valence-corrected chi connectivity index (χ4v) is 3.86. The number of carbonyl (C=O) groups excluding carboxylic acids is 2. The van der Waals surface area contributed by atoms with Crippen molar-refractivity contribution in [2.45, 2.75) is 25.2 Å². The van der Waals surface area contributed by atoms with Gasteiger partial charge in [-0.2, -0.15) is 0 Å². The standard InChI is InChI=1S/C16H15ClN4O2S/c17-11-2-1-3-12(7-11)21-8-10(6-13(21)22)14(23)18-16-20-19-15(24-16)9-4-5-9/h1-3,7,9-10H,4-6,8H2,(H,18,20,23). The molecular weight excluding hydrogens is 348 g/mol. The van der Waals surface area contributed by atoms with Crippen molar-refractivity contribution in [3.05, 3.63) is 34.3 Å². The van der Waals surface area contributed by atoms with E-state index in [2.05, 4.69) is 15.5 Å². The highest BCUT2D eigenvalue weighted by molar-refractivity contribution is 7.15. The predicted octanol–water partition coefficient (Wildman–Crippen LogP) is 3.06. The van der Waals surface area contributed by atoms with Crippen molar-refractivity contribution in [2.24, 2.45) is 5.92 Å². The van der Waals surface area contributed by atoms with Gasteiger partial charge in [-0.25, -0.2) is 0 Å². The number of carbonyl (C=O) groups is 2. The van der Waals surface area contributed by atoms with Crippen LogP contribution >= 0.6 is 22.9 Å². The molecule has 1 aliphatic carbocycles. The molecule has 1 atom stereocenters. The molecule has 8 heteroatoms. The van der Waals surface area contributed by atoms with Gasteiger partial charge in [-0.05, 0) is 31.0 Å². The van der Waals surface area contributed by atoms with Crippen LogP contribution in [-0.2, 0) is 9.59 Å². The van der Waals surface area contributed by atoms with Crippen molar-refractivity contribution in [3.8, 4) is 0 Å². The maximum atomic E-state index is 12.4. The Balaban J connectivity index is 1.42. The van der Waals surface area contributed by atoms with Crippen LogP contribution in [0.25, 0.3) is 0 Å². The summed E-state index contributed by atoms with van der Waals surface area (Å²) in [6, 6.07) is 7.09. The third-order valence-electron chi connectivity index (χ3n) is 4.21. The molecule has 1 aromatic carbocycles. The number of amides is 2. The van der Waals surface area contributed by atoms with Crippen LogP contribution in [0.4, 0.5) is 10.8 Å². The minimum Gasteiger partial charge on any atom is -0.312 e. The Morgan fingerprint density at radius 3 is 2.92 bits per heavy atom. The number of nitrogens with zero attached hydrogens (tertiary/aromatic N) is 3. The molecule has 0 bridgehead atoms. The molecule has 2 fully saturated rings. The fourth-order valence-electron chi connectivity index (χ4n) is 2.76. The molecule has 1 N–H and O–H groups in total. The SMILES string of the molecule is O=C(Nc1nnc(C2CC2)s1)C1CC(=O)N(c2cccc(Cl)c2)C1. The van der Waals surface area contributed by atoms with Gasteiger partial charge in [0.2, 0.25) is 16.9 Å². The summed E-state index contributed by atoms with van der Waals surface area (Å²) in [5.74, 6) is -0.149. The average molecular weight is 363 g/mol. The van der Waals surface area contributed by atoms with Gasteiger partial charge >= 0.3 is 0 Å². The van der Waals surface area contributed by atoms with Gasteiger partial charge in [0.05, 0.1) is 5.92 Å². The Morgan fingerprint density at radius 2 is 2.17 bits per heavy atom. The lowest BCUT2D eigenvalue weighted by Crippen LogP contribution is -2.28. The molecule has 0 spiro atoms. The van der Waals surface area contributed by atoms with E-state index in [1.54, 1.807) is 23.1 Å². The molecule has 2 aromatic rings. The summed E-state index contributed by atoms with van der Waals surface area (Å²) in [7, 11) is 0. The molecule has 1 aliphatic heterocycles. The monoisotopic (exact) mass is 362 g/mol. The molecule has 0 radical (unpaired) electrons. The zero-order valence-corrected chi connectivity index (χ0v) is 14.3. The van der Waals surface area contributed by atoms with Crippen molar-refractivity contribution in [1.82, 2.24) is 10.2 Å². The van der Waals surface area contributed by atoms with Crippen LogP contribution in [0, 0.1) is 5.92 Å². The highest BCUT2D eigenvalue weighted by Crippen LogP contribution is 2.42. The first-order valence-corrected chi connectivity index (χ1v) is 9.00. The normalized spacial score (nSPS) is 20.5. The van der Waals surface area contributed by atoms with E-state index in [9.17, 15) is 9.59 Å². The molecule has 1 saturated carbocycles. The maximum Gasteiger partial charge on any atom is 0.231 e. The number of hydrogen-bond donors (Lipinski definition) is 1. The number of anilines is 2. The Morgan fingerprint density at radius 1 is 1.33 bits per heavy atom. The molecule has 4 rings (SSSR count). The van der Waals surface area contributed by atoms with Crippen molar-refractivity contribution >= 4 is 45.6 Å². The van der Waals surface area contributed by atoms with Gasteiger partial charge in [-0.15, -0.1) is 10.2 Å². The first-order chi connectivity index (χ1) is 11.6. The second-order valence-electron chi connectivity index (χ2n) is 6.09. The molecule has 1 unspecified atom stereocenters. The summed E-state index contributed by atoms with van der Waals surface area (Å²) >= 11 is 7.40. The second kappa shape index (κ2) is 6.14. The summed E-state index contributed by atoms with van der Waals surface area (Å²) in [4.78, 5) is 26.3. The third kappa shape index (κ3) is 3.14. The predicted molar refractivity (Wildman–Crippen MR) is 92.4 cm³/mol. The van der Waals surface area contributed by atoms with E-state index in [1.165, 1.54) is 11.3 Å². The van der Waals surface area contributed by atoms with Crippen LogP contribution in [0.5, 0.6) is 0 Å². The zero-order valence-electron chi connectivity index (χ0n) is 12.7. The van der Waals surface area contributed by atoms with Crippen LogP contribution in [0.2, 0.25) is 5.02 Å². The van der Waals surface area contributed by atoms with Crippen molar-refractivity contribution in [3.63, 3.8) is 0 Å². The highest BCUT2D eigenvalue weighted by atomic mass is 35.5. The Hall–Kier alpha value is -1.99. The Labute approximate surface area is 147 Å². The quantitative estimate of drug-likeness (QED) is 0.907. The molecule has 2 aliphatic rings. The summed E-state index contributed by atoms with van der Waals surface area (Å²) in [5.41, 5.74) is 0.717. The third-order valence-corrected chi connectivity index (χ3v) is 5.45. The lowest BCUT2D eigenvalue weighted by molar-refractivity contribution is -0.122. The molecular formula is C16H15ClN4O2S. The molecule has 2 amide bonds. The zero-order chi connectivity index (χ0) is 16.7. The van der Waals surface area contributed by atoms with Gasteiger partial charge in [0.15, 0.2) is 0 Å². The van der Waals surface area contributed by atoms with Crippen molar-refractivity contribution in [2.75, 3.05) is 16.8 Å². The van der Waals surface area contributed by atoms with Crippen LogP contribution in [-0.4, -0.2) is 28.6 Å². The second-order valence-corrected chi connectivity index (χ2v) is 7.54. The highest BCUT2D eigenvalue weighted by Gasteiger charge is 2.36. The van der Waals surface area contributed by atoms with Gasteiger partial charge in [-0.3, -0.25) is 9.59 Å².